The molecule has 0 heterocycles. The van der Waals surface area contributed by atoms with E-state index in [1.54, 1.807) is 6.07 Å². The van der Waals surface area contributed by atoms with E-state index in [1.165, 1.54) is 5.56 Å². The molecule has 0 aliphatic carbocycles. The van der Waals surface area contributed by atoms with Crippen LogP contribution in [0.1, 0.15) is 39.5 Å². The molecular weight excluding hydrogens is 260 g/mol. The maximum absolute atomic E-state index is 10.9. The maximum atomic E-state index is 10.9. The topological polar surface area (TPSA) is 26.3 Å². The lowest BCUT2D eigenvalue weighted by Gasteiger charge is -2.10. The summed E-state index contributed by atoms with van der Waals surface area (Å²) in [6.07, 6.45) is 0.839. The summed E-state index contributed by atoms with van der Waals surface area (Å²) in [7, 11) is 0. The molecule has 2 heteroatoms. The summed E-state index contributed by atoms with van der Waals surface area (Å²) >= 11 is 0. The molecule has 2 aromatic rings. The first-order chi connectivity index (χ1) is 9.97. The van der Waals surface area contributed by atoms with Gasteiger partial charge in [-0.2, -0.15) is 0 Å². The molecule has 0 bridgehead atoms. The highest BCUT2D eigenvalue weighted by molar-refractivity contribution is 5.76. The first-order valence-corrected chi connectivity index (χ1v) is 6.94. The SMILES string of the molecule is C=C(C)c1cc(C)cc(COc2cc(C)cc(C=O)c2)c1. The van der Waals surface area contributed by atoms with E-state index in [0.717, 1.165) is 34.3 Å². The van der Waals surface area contributed by atoms with Crippen molar-refractivity contribution in [3.63, 3.8) is 0 Å². The van der Waals surface area contributed by atoms with Crippen LogP contribution in [0.25, 0.3) is 5.57 Å². The molecule has 0 aromatic heterocycles. The van der Waals surface area contributed by atoms with Gasteiger partial charge in [-0.25, -0.2) is 0 Å². The van der Waals surface area contributed by atoms with Crippen molar-refractivity contribution in [2.75, 3.05) is 0 Å². The molecule has 0 saturated heterocycles. The van der Waals surface area contributed by atoms with Crippen LogP contribution >= 0.6 is 0 Å². The minimum absolute atomic E-state index is 0.476. The summed E-state index contributed by atoms with van der Waals surface area (Å²) in [6, 6.07) is 11.8. The van der Waals surface area contributed by atoms with Crippen molar-refractivity contribution >= 4 is 11.9 Å². The molecule has 0 spiro atoms. The van der Waals surface area contributed by atoms with Gasteiger partial charge in [0, 0.05) is 5.56 Å². The van der Waals surface area contributed by atoms with E-state index in [-0.39, 0.29) is 0 Å². The van der Waals surface area contributed by atoms with Crippen LogP contribution in [0, 0.1) is 13.8 Å². The second-order valence-corrected chi connectivity index (χ2v) is 5.47. The summed E-state index contributed by atoms with van der Waals surface area (Å²) in [4.78, 5) is 10.9. The highest BCUT2D eigenvalue weighted by Crippen LogP contribution is 2.20. The van der Waals surface area contributed by atoms with Gasteiger partial charge >= 0.3 is 0 Å². The molecule has 0 atom stereocenters. The Morgan fingerprint density at radius 1 is 1.10 bits per heavy atom. The van der Waals surface area contributed by atoms with Crippen molar-refractivity contribution in [3.8, 4) is 5.75 Å². The number of carbonyl (C=O) groups is 1. The Hall–Kier alpha value is -2.35. The Morgan fingerprint density at radius 2 is 1.81 bits per heavy atom. The molecule has 0 aliphatic heterocycles. The van der Waals surface area contributed by atoms with E-state index in [1.807, 2.05) is 26.0 Å². The standard InChI is InChI=1S/C19H20O2/c1-13(2)18-7-14(3)6-17(9-18)12-21-19-8-15(4)5-16(10-19)11-20/h5-11H,1,12H2,2-4H3. The van der Waals surface area contributed by atoms with E-state index in [2.05, 4.69) is 31.7 Å². The highest BCUT2D eigenvalue weighted by Gasteiger charge is 2.03. The minimum atomic E-state index is 0.476. The average molecular weight is 280 g/mol. The van der Waals surface area contributed by atoms with E-state index < -0.39 is 0 Å². The van der Waals surface area contributed by atoms with Crippen molar-refractivity contribution < 1.29 is 9.53 Å². The van der Waals surface area contributed by atoms with Crippen molar-refractivity contribution in [3.05, 3.63) is 70.8 Å². The van der Waals surface area contributed by atoms with Crippen molar-refractivity contribution in [1.82, 2.24) is 0 Å². The molecule has 0 N–H and O–H groups in total. The zero-order valence-electron chi connectivity index (χ0n) is 12.8. The molecule has 0 unspecified atom stereocenters. The van der Waals surface area contributed by atoms with Crippen LogP contribution in [0.4, 0.5) is 0 Å². The molecule has 21 heavy (non-hydrogen) atoms. The highest BCUT2D eigenvalue weighted by atomic mass is 16.5. The second-order valence-electron chi connectivity index (χ2n) is 5.47. The Kier molecular flexibility index (Phi) is 4.59. The van der Waals surface area contributed by atoms with Crippen molar-refractivity contribution in [2.24, 2.45) is 0 Å². The number of carbonyl (C=O) groups excluding carboxylic acids is 1. The van der Waals surface area contributed by atoms with Gasteiger partial charge in [0.15, 0.2) is 0 Å². The van der Waals surface area contributed by atoms with Crippen LogP contribution in [0.2, 0.25) is 0 Å². The molecule has 0 aliphatic rings. The molecule has 2 nitrogen and oxygen atoms in total. The molecular formula is C19H20O2. The third-order valence-corrected chi connectivity index (χ3v) is 3.24. The smallest absolute Gasteiger partial charge is 0.150 e. The van der Waals surface area contributed by atoms with Crippen LogP contribution in [0.5, 0.6) is 5.75 Å². The Morgan fingerprint density at radius 3 is 2.48 bits per heavy atom. The molecule has 0 saturated carbocycles. The van der Waals surface area contributed by atoms with Crippen molar-refractivity contribution in [2.45, 2.75) is 27.4 Å². The number of allylic oxidation sites excluding steroid dienone is 1. The van der Waals surface area contributed by atoms with Crippen molar-refractivity contribution in [1.29, 1.82) is 0 Å². The van der Waals surface area contributed by atoms with E-state index in [0.29, 0.717) is 12.2 Å². The lowest BCUT2D eigenvalue weighted by atomic mass is 10.0. The van der Waals surface area contributed by atoms with Gasteiger partial charge in [-0.3, -0.25) is 4.79 Å². The number of aldehydes is 1. The number of rotatable bonds is 5. The summed E-state index contributed by atoms with van der Waals surface area (Å²) in [5, 5.41) is 0. The lowest BCUT2D eigenvalue weighted by molar-refractivity contribution is 0.112. The monoisotopic (exact) mass is 280 g/mol. The molecule has 0 radical (unpaired) electrons. The third-order valence-electron chi connectivity index (χ3n) is 3.24. The van der Waals surface area contributed by atoms with Crippen LogP contribution in [0.15, 0.2) is 43.0 Å². The molecule has 0 fully saturated rings. The molecule has 0 amide bonds. The maximum Gasteiger partial charge on any atom is 0.150 e. The van der Waals surface area contributed by atoms with Gasteiger partial charge in [-0.15, -0.1) is 0 Å². The summed E-state index contributed by atoms with van der Waals surface area (Å²) in [6.45, 7) is 10.5. The number of ether oxygens (including phenoxy) is 1. The van der Waals surface area contributed by atoms with E-state index >= 15 is 0 Å². The summed E-state index contributed by atoms with van der Waals surface area (Å²) in [5.74, 6) is 0.718. The number of hydrogen-bond donors (Lipinski definition) is 0. The van der Waals surface area contributed by atoms with Crippen LogP contribution in [-0.4, -0.2) is 6.29 Å². The predicted molar refractivity (Wildman–Crippen MR) is 86.8 cm³/mol. The minimum Gasteiger partial charge on any atom is -0.489 e. The largest absolute Gasteiger partial charge is 0.489 e. The number of benzene rings is 2. The fraction of sp³-hybridized carbons (Fsp3) is 0.211. The predicted octanol–water partition coefficient (Wildman–Crippen LogP) is 4.73. The molecule has 2 aromatic carbocycles. The van der Waals surface area contributed by atoms with Crippen LogP contribution in [-0.2, 0) is 6.61 Å². The fourth-order valence-corrected chi connectivity index (χ4v) is 2.29. The number of hydrogen-bond acceptors (Lipinski definition) is 2. The van der Waals surface area contributed by atoms with Gasteiger partial charge in [-0.05, 0) is 61.7 Å². The molecule has 2 rings (SSSR count). The normalized spacial score (nSPS) is 10.2. The van der Waals surface area contributed by atoms with Gasteiger partial charge in [-0.1, -0.05) is 29.8 Å². The lowest BCUT2D eigenvalue weighted by Crippen LogP contribution is -1.98. The molecule has 108 valence electrons. The third kappa shape index (κ3) is 4.06. The van der Waals surface area contributed by atoms with Gasteiger partial charge in [0.05, 0.1) is 0 Å². The van der Waals surface area contributed by atoms with Crippen LogP contribution < -0.4 is 4.74 Å². The summed E-state index contributed by atoms with van der Waals surface area (Å²) in [5.41, 5.74) is 6.11. The number of aryl methyl sites for hydroxylation is 2. The van der Waals surface area contributed by atoms with E-state index in [4.69, 9.17) is 4.74 Å². The van der Waals surface area contributed by atoms with E-state index in [9.17, 15) is 4.79 Å². The van der Waals surface area contributed by atoms with Gasteiger partial charge in [0.2, 0.25) is 0 Å². The first-order valence-electron chi connectivity index (χ1n) is 6.94. The second kappa shape index (κ2) is 6.40. The quantitative estimate of drug-likeness (QED) is 0.740. The Labute approximate surface area is 126 Å². The Balaban J connectivity index is 2.18. The van der Waals surface area contributed by atoms with Gasteiger partial charge < -0.3 is 4.74 Å². The zero-order chi connectivity index (χ0) is 15.4. The fourth-order valence-electron chi connectivity index (χ4n) is 2.29. The van der Waals surface area contributed by atoms with Gasteiger partial charge in [0.1, 0.15) is 18.6 Å². The Bertz CT molecular complexity index is 684. The van der Waals surface area contributed by atoms with Crippen LogP contribution in [0.3, 0.4) is 0 Å². The average Bonchev–Trinajstić information content (AvgIpc) is 2.44. The first kappa shape index (κ1) is 15.0. The zero-order valence-corrected chi connectivity index (χ0v) is 12.8. The summed E-state index contributed by atoms with van der Waals surface area (Å²) < 4.78 is 5.82. The van der Waals surface area contributed by atoms with Gasteiger partial charge in [0.25, 0.3) is 0 Å².